The molecule has 19 heavy (non-hydrogen) atoms. The lowest BCUT2D eigenvalue weighted by atomic mass is 10.1. The van der Waals surface area contributed by atoms with Crippen molar-refractivity contribution in [2.75, 3.05) is 13.7 Å². The maximum absolute atomic E-state index is 6.09. The molecule has 0 radical (unpaired) electrons. The average molecular weight is 278 g/mol. The molecule has 3 nitrogen and oxygen atoms in total. The Hall–Kier alpha value is -1.26. The smallest absolute Gasteiger partial charge is 0.180 e. The van der Waals surface area contributed by atoms with E-state index in [4.69, 9.17) is 14.2 Å². The Morgan fingerprint density at radius 1 is 1.42 bits per heavy atom. The molecule has 0 spiro atoms. The van der Waals surface area contributed by atoms with E-state index in [0.717, 1.165) is 47.6 Å². The summed E-state index contributed by atoms with van der Waals surface area (Å²) < 4.78 is 17.3. The van der Waals surface area contributed by atoms with Gasteiger partial charge in [0.1, 0.15) is 0 Å². The molecular formula is C15H22O3Si. The van der Waals surface area contributed by atoms with Crippen molar-refractivity contribution in [1.82, 2.24) is 0 Å². The summed E-state index contributed by atoms with van der Waals surface area (Å²) >= 11 is 0. The quantitative estimate of drug-likeness (QED) is 0.609. The second-order valence-electron chi connectivity index (χ2n) is 5.02. The molecule has 0 amide bonds. The minimum absolute atomic E-state index is 0.397. The standard InChI is InChI=1S/C15H22O3Si/c1-3-6-12-7-8-13(14(11-12)16-2)18-15(19)9-4-5-10-17-15/h3,7-8,11H,1,4-6,9-10H2,2,19H3. The largest absolute Gasteiger partial charge is 0.493 e. The molecule has 1 heterocycles. The Morgan fingerprint density at radius 2 is 2.26 bits per heavy atom. The molecule has 0 N–H and O–H groups in total. The lowest BCUT2D eigenvalue weighted by Gasteiger charge is -2.35. The van der Waals surface area contributed by atoms with E-state index in [1.807, 2.05) is 24.3 Å². The molecule has 0 aliphatic carbocycles. The number of rotatable bonds is 5. The summed E-state index contributed by atoms with van der Waals surface area (Å²) in [5.74, 6) is 1.54. The van der Waals surface area contributed by atoms with Crippen LogP contribution in [0.15, 0.2) is 30.9 Å². The van der Waals surface area contributed by atoms with E-state index in [-0.39, 0.29) is 0 Å². The molecule has 1 saturated heterocycles. The van der Waals surface area contributed by atoms with Crippen LogP contribution in [0.5, 0.6) is 11.5 Å². The number of allylic oxidation sites excluding steroid dienone is 1. The van der Waals surface area contributed by atoms with Crippen molar-refractivity contribution < 1.29 is 14.2 Å². The van der Waals surface area contributed by atoms with E-state index < -0.39 is 5.41 Å². The lowest BCUT2D eigenvalue weighted by molar-refractivity contribution is -0.144. The van der Waals surface area contributed by atoms with Gasteiger partial charge in [-0.25, -0.2) is 0 Å². The number of benzene rings is 1. The molecule has 1 fully saturated rings. The lowest BCUT2D eigenvalue weighted by Crippen LogP contribution is -2.42. The minimum atomic E-state index is -0.397. The summed E-state index contributed by atoms with van der Waals surface area (Å²) in [7, 11) is 2.52. The highest BCUT2D eigenvalue weighted by atomic mass is 28.1. The predicted octanol–water partition coefficient (Wildman–Crippen LogP) is 2.02. The third-order valence-electron chi connectivity index (χ3n) is 3.37. The van der Waals surface area contributed by atoms with Crippen molar-refractivity contribution in [1.29, 1.82) is 0 Å². The minimum Gasteiger partial charge on any atom is -0.493 e. The molecule has 0 saturated carbocycles. The van der Waals surface area contributed by atoms with E-state index >= 15 is 0 Å². The zero-order valence-electron chi connectivity index (χ0n) is 11.8. The fourth-order valence-corrected chi connectivity index (χ4v) is 3.09. The van der Waals surface area contributed by atoms with Crippen molar-refractivity contribution in [3.63, 3.8) is 0 Å². The van der Waals surface area contributed by atoms with Gasteiger partial charge < -0.3 is 14.2 Å². The second kappa shape index (κ2) is 6.26. The summed E-state index contributed by atoms with van der Waals surface area (Å²) in [4.78, 5) is 0. The van der Waals surface area contributed by atoms with Crippen LogP contribution in [-0.4, -0.2) is 29.4 Å². The first kappa shape index (κ1) is 14.2. The summed E-state index contributed by atoms with van der Waals surface area (Å²) in [6.07, 6.45) is 5.98. The molecule has 2 rings (SSSR count). The molecule has 0 bridgehead atoms. The van der Waals surface area contributed by atoms with Crippen molar-refractivity contribution >= 4 is 10.2 Å². The number of methoxy groups -OCH3 is 1. The Balaban J connectivity index is 2.16. The summed E-state index contributed by atoms with van der Waals surface area (Å²) in [6.45, 7) is 4.54. The second-order valence-corrected chi connectivity index (χ2v) is 6.54. The summed E-state index contributed by atoms with van der Waals surface area (Å²) in [5, 5.41) is 0. The third-order valence-corrected chi connectivity index (χ3v) is 4.36. The van der Waals surface area contributed by atoms with Gasteiger partial charge in [0.05, 0.1) is 24.0 Å². The molecule has 1 atom stereocenters. The van der Waals surface area contributed by atoms with Crippen LogP contribution >= 0.6 is 0 Å². The van der Waals surface area contributed by atoms with E-state index in [2.05, 4.69) is 6.58 Å². The molecule has 4 heteroatoms. The first-order valence-corrected chi connectivity index (χ1v) is 7.78. The van der Waals surface area contributed by atoms with E-state index in [1.54, 1.807) is 7.11 Å². The fraction of sp³-hybridized carbons (Fsp3) is 0.467. The van der Waals surface area contributed by atoms with Gasteiger partial charge in [-0.1, -0.05) is 12.1 Å². The fourth-order valence-electron chi connectivity index (χ4n) is 2.31. The summed E-state index contributed by atoms with van der Waals surface area (Å²) in [5.41, 5.74) is 0.775. The van der Waals surface area contributed by atoms with Gasteiger partial charge in [0, 0.05) is 6.42 Å². The highest BCUT2D eigenvalue weighted by Gasteiger charge is 2.30. The SMILES string of the molecule is C=CCc1ccc(OC2([SiH3])CCCCO2)c(OC)c1. The van der Waals surface area contributed by atoms with Crippen molar-refractivity contribution in [2.24, 2.45) is 0 Å². The molecule has 1 aromatic rings. The number of hydrogen-bond acceptors (Lipinski definition) is 3. The molecular weight excluding hydrogens is 256 g/mol. The van der Waals surface area contributed by atoms with Crippen LogP contribution in [0.4, 0.5) is 0 Å². The maximum atomic E-state index is 6.09. The van der Waals surface area contributed by atoms with Crippen molar-refractivity contribution in [3.05, 3.63) is 36.4 Å². The Labute approximate surface area is 118 Å². The van der Waals surface area contributed by atoms with Gasteiger partial charge in [0.15, 0.2) is 16.9 Å². The highest BCUT2D eigenvalue weighted by Crippen LogP contribution is 2.33. The third kappa shape index (κ3) is 3.61. The summed E-state index contributed by atoms with van der Waals surface area (Å²) in [6, 6.07) is 6.02. The van der Waals surface area contributed by atoms with E-state index in [1.165, 1.54) is 12.0 Å². The van der Waals surface area contributed by atoms with Gasteiger partial charge in [0.2, 0.25) is 0 Å². The normalized spacial score (nSPS) is 23.0. The van der Waals surface area contributed by atoms with Crippen LogP contribution in [0.3, 0.4) is 0 Å². The van der Waals surface area contributed by atoms with Gasteiger partial charge in [-0.05, 0) is 37.0 Å². The van der Waals surface area contributed by atoms with Gasteiger partial charge in [0.25, 0.3) is 0 Å². The van der Waals surface area contributed by atoms with Gasteiger partial charge in [-0.3, -0.25) is 0 Å². The van der Waals surface area contributed by atoms with E-state index in [0.29, 0.717) is 0 Å². The highest BCUT2D eigenvalue weighted by molar-refractivity contribution is 6.13. The predicted molar refractivity (Wildman–Crippen MR) is 80.0 cm³/mol. The topological polar surface area (TPSA) is 27.7 Å². The number of hydrogen-bond donors (Lipinski definition) is 0. The number of ether oxygens (including phenoxy) is 3. The van der Waals surface area contributed by atoms with Crippen molar-refractivity contribution in [2.45, 2.75) is 31.1 Å². The Bertz CT molecular complexity index is 439. The molecule has 1 aliphatic rings. The first-order valence-electron chi connectivity index (χ1n) is 6.78. The van der Waals surface area contributed by atoms with Gasteiger partial charge in [-0.2, -0.15) is 0 Å². The van der Waals surface area contributed by atoms with Crippen LogP contribution in [-0.2, 0) is 11.2 Å². The van der Waals surface area contributed by atoms with Crippen LogP contribution < -0.4 is 9.47 Å². The maximum Gasteiger partial charge on any atom is 0.180 e. The Kier molecular flexibility index (Phi) is 4.66. The molecule has 1 aliphatic heterocycles. The molecule has 0 aromatic heterocycles. The van der Waals surface area contributed by atoms with Crippen molar-refractivity contribution in [3.8, 4) is 11.5 Å². The zero-order valence-corrected chi connectivity index (χ0v) is 13.8. The zero-order chi connectivity index (χ0) is 13.7. The Morgan fingerprint density at radius 3 is 2.89 bits per heavy atom. The monoisotopic (exact) mass is 278 g/mol. The molecule has 1 aromatic carbocycles. The van der Waals surface area contributed by atoms with E-state index in [9.17, 15) is 0 Å². The van der Waals surface area contributed by atoms with Gasteiger partial charge >= 0.3 is 0 Å². The average Bonchev–Trinajstić information content (AvgIpc) is 2.41. The van der Waals surface area contributed by atoms with Crippen LogP contribution in [0.1, 0.15) is 24.8 Å². The van der Waals surface area contributed by atoms with Crippen LogP contribution in [0.2, 0.25) is 0 Å². The van der Waals surface area contributed by atoms with Crippen LogP contribution in [0.25, 0.3) is 0 Å². The first-order chi connectivity index (χ1) is 9.17. The molecule has 104 valence electrons. The molecule has 1 unspecified atom stereocenters. The van der Waals surface area contributed by atoms with Gasteiger partial charge in [-0.15, -0.1) is 6.58 Å². The van der Waals surface area contributed by atoms with Crippen LogP contribution in [0, 0.1) is 0 Å².